The van der Waals surface area contributed by atoms with E-state index in [0.29, 0.717) is 6.61 Å². The van der Waals surface area contributed by atoms with E-state index in [1.807, 2.05) is 25.1 Å². The van der Waals surface area contributed by atoms with Gasteiger partial charge in [-0.2, -0.15) is 0 Å². The first-order valence-corrected chi connectivity index (χ1v) is 6.49. The molecular weight excluding hydrogens is 236 g/mol. The maximum absolute atomic E-state index is 9.35. The molecule has 0 atom stereocenters. The van der Waals surface area contributed by atoms with E-state index in [4.69, 9.17) is 4.74 Å². The highest BCUT2D eigenvalue weighted by molar-refractivity contribution is 5.40. The molecule has 1 N–H and O–H groups in total. The van der Waals surface area contributed by atoms with Gasteiger partial charge in [0.2, 0.25) is 0 Å². The van der Waals surface area contributed by atoms with Crippen molar-refractivity contribution in [3.05, 3.63) is 64.2 Å². The minimum absolute atomic E-state index is 0.00383. The second-order valence-electron chi connectivity index (χ2n) is 5.01. The van der Waals surface area contributed by atoms with Crippen LogP contribution in [0, 0.1) is 20.8 Å². The number of hydrogen-bond acceptors (Lipinski definition) is 2. The summed E-state index contributed by atoms with van der Waals surface area (Å²) in [6, 6.07) is 12.2. The van der Waals surface area contributed by atoms with Gasteiger partial charge in [-0.15, -0.1) is 0 Å². The summed E-state index contributed by atoms with van der Waals surface area (Å²) in [4.78, 5) is 0. The fourth-order valence-corrected chi connectivity index (χ4v) is 2.35. The Bertz CT molecular complexity index is 553. The second kappa shape index (κ2) is 5.89. The Hall–Kier alpha value is -1.80. The zero-order chi connectivity index (χ0) is 13.8. The molecule has 2 nitrogen and oxygen atoms in total. The van der Waals surface area contributed by atoms with E-state index in [1.165, 1.54) is 11.1 Å². The number of benzene rings is 2. The van der Waals surface area contributed by atoms with Crippen LogP contribution in [0.2, 0.25) is 0 Å². The molecule has 0 heterocycles. The predicted octanol–water partition coefficient (Wildman–Crippen LogP) is 3.68. The van der Waals surface area contributed by atoms with Crippen molar-refractivity contribution >= 4 is 0 Å². The summed E-state index contributed by atoms with van der Waals surface area (Å²) in [5, 5.41) is 9.35. The van der Waals surface area contributed by atoms with E-state index in [0.717, 1.165) is 22.4 Å². The second-order valence-corrected chi connectivity index (χ2v) is 5.01. The van der Waals surface area contributed by atoms with Crippen molar-refractivity contribution in [2.24, 2.45) is 0 Å². The van der Waals surface area contributed by atoms with Crippen LogP contribution >= 0.6 is 0 Å². The summed E-state index contributed by atoms with van der Waals surface area (Å²) < 4.78 is 5.89. The lowest BCUT2D eigenvalue weighted by atomic mass is 10.1. The third kappa shape index (κ3) is 3.36. The van der Waals surface area contributed by atoms with E-state index in [9.17, 15) is 5.11 Å². The van der Waals surface area contributed by atoms with Crippen LogP contribution in [0.15, 0.2) is 36.4 Å². The van der Waals surface area contributed by atoms with Crippen LogP contribution in [-0.2, 0) is 13.2 Å². The molecular formula is C17H20O2. The summed E-state index contributed by atoms with van der Waals surface area (Å²) in [5.74, 6) is 0.796. The molecule has 0 unspecified atom stereocenters. The maximum Gasteiger partial charge on any atom is 0.128 e. The largest absolute Gasteiger partial charge is 0.488 e. The van der Waals surface area contributed by atoms with Gasteiger partial charge in [0.15, 0.2) is 0 Å². The molecule has 0 bridgehead atoms. The first-order valence-electron chi connectivity index (χ1n) is 6.49. The predicted molar refractivity (Wildman–Crippen MR) is 77.3 cm³/mol. The number of rotatable bonds is 4. The summed E-state index contributed by atoms with van der Waals surface area (Å²) in [6.07, 6.45) is 0. The van der Waals surface area contributed by atoms with E-state index in [-0.39, 0.29) is 6.61 Å². The fraction of sp³-hybridized carbons (Fsp3) is 0.294. The molecule has 0 aliphatic carbocycles. The van der Waals surface area contributed by atoms with Gasteiger partial charge in [-0.25, -0.2) is 0 Å². The Kier molecular flexibility index (Phi) is 4.23. The van der Waals surface area contributed by atoms with Crippen LogP contribution in [0.3, 0.4) is 0 Å². The molecule has 0 fully saturated rings. The van der Waals surface area contributed by atoms with Crippen molar-refractivity contribution in [3.63, 3.8) is 0 Å². The molecule has 0 aromatic heterocycles. The van der Waals surface area contributed by atoms with Crippen LogP contribution in [-0.4, -0.2) is 5.11 Å². The first-order chi connectivity index (χ1) is 9.10. The van der Waals surface area contributed by atoms with Gasteiger partial charge in [0.05, 0.1) is 6.61 Å². The first kappa shape index (κ1) is 13.6. The van der Waals surface area contributed by atoms with Gasteiger partial charge in [0, 0.05) is 5.56 Å². The third-order valence-corrected chi connectivity index (χ3v) is 3.13. The molecule has 0 aliphatic rings. The van der Waals surface area contributed by atoms with Gasteiger partial charge in [-0.05, 0) is 31.9 Å². The Labute approximate surface area is 114 Å². The standard InChI is InChI=1S/C17H20O2/c1-12-7-13(2)9-15(8-12)11-19-17-14(3)5-4-6-16(17)10-18/h4-9,18H,10-11H2,1-3H3. The minimum atomic E-state index is 0.00383. The highest BCUT2D eigenvalue weighted by Gasteiger charge is 2.06. The van der Waals surface area contributed by atoms with Gasteiger partial charge in [-0.1, -0.05) is 47.5 Å². The average Bonchev–Trinajstić information content (AvgIpc) is 2.36. The maximum atomic E-state index is 9.35. The smallest absolute Gasteiger partial charge is 0.128 e. The molecule has 0 saturated heterocycles. The summed E-state index contributed by atoms with van der Waals surface area (Å²) in [6.45, 7) is 6.70. The Morgan fingerprint density at radius 2 is 1.68 bits per heavy atom. The van der Waals surface area contributed by atoms with Gasteiger partial charge in [0.25, 0.3) is 0 Å². The van der Waals surface area contributed by atoms with Crippen LogP contribution in [0.5, 0.6) is 5.75 Å². The SMILES string of the molecule is Cc1cc(C)cc(COc2c(C)cccc2CO)c1. The lowest BCUT2D eigenvalue weighted by molar-refractivity contribution is 0.258. The number of aryl methyl sites for hydroxylation is 3. The Morgan fingerprint density at radius 1 is 1.00 bits per heavy atom. The van der Waals surface area contributed by atoms with Gasteiger partial charge in [-0.3, -0.25) is 0 Å². The van der Waals surface area contributed by atoms with Gasteiger partial charge in [0.1, 0.15) is 12.4 Å². The highest BCUT2D eigenvalue weighted by atomic mass is 16.5. The summed E-state index contributed by atoms with van der Waals surface area (Å²) >= 11 is 0. The zero-order valence-electron chi connectivity index (χ0n) is 11.7. The molecule has 2 rings (SSSR count). The van der Waals surface area contributed by atoms with Crippen LogP contribution in [0.1, 0.15) is 27.8 Å². The van der Waals surface area contributed by atoms with Gasteiger partial charge < -0.3 is 9.84 Å². The average molecular weight is 256 g/mol. The number of hydrogen-bond donors (Lipinski definition) is 1. The topological polar surface area (TPSA) is 29.5 Å². The van der Waals surface area contributed by atoms with Crippen molar-refractivity contribution in [2.75, 3.05) is 0 Å². The van der Waals surface area contributed by atoms with E-state index >= 15 is 0 Å². The van der Waals surface area contributed by atoms with Crippen molar-refractivity contribution < 1.29 is 9.84 Å². The quantitative estimate of drug-likeness (QED) is 0.904. The molecule has 2 aromatic carbocycles. The Balaban J connectivity index is 2.18. The molecule has 0 spiro atoms. The lowest BCUT2D eigenvalue weighted by Gasteiger charge is -2.13. The van der Waals surface area contributed by atoms with Crippen LogP contribution in [0.4, 0.5) is 0 Å². The fourth-order valence-electron chi connectivity index (χ4n) is 2.35. The molecule has 0 amide bonds. The molecule has 0 aliphatic heterocycles. The Morgan fingerprint density at radius 3 is 2.32 bits per heavy atom. The van der Waals surface area contributed by atoms with Gasteiger partial charge >= 0.3 is 0 Å². The molecule has 2 aromatic rings. The molecule has 2 heteroatoms. The summed E-state index contributed by atoms with van der Waals surface area (Å²) in [7, 11) is 0. The lowest BCUT2D eigenvalue weighted by Crippen LogP contribution is -2.01. The summed E-state index contributed by atoms with van der Waals surface area (Å²) in [5.41, 5.74) is 5.53. The monoisotopic (exact) mass is 256 g/mol. The van der Waals surface area contributed by atoms with Crippen molar-refractivity contribution in [1.82, 2.24) is 0 Å². The van der Waals surface area contributed by atoms with Crippen molar-refractivity contribution in [2.45, 2.75) is 34.0 Å². The number of aliphatic hydroxyl groups is 1. The van der Waals surface area contributed by atoms with Crippen LogP contribution < -0.4 is 4.74 Å². The third-order valence-electron chi connectivity index (χ3n) is 3.13. The molecule has 19 heavy (non-hydrogen) atoms. The molecule has 100 valence electrons. The van der Waals surface area contributed by atoms with E-state index in [1.54, 1.807) is 0 Å². The number of para-hydroxylation sites is 1. The molecule has 0 radical (unpaired) electrons. The number of ether oxygens (including phenoxy) is 1. The molecule has 0 saturated carbocycles. The normalized spacial score (nSPS) is 10.5. The minimum Gasteiger partial charge on any atom is -0.488 e. The highest BCUT2D eigenvalue weighted by Crippen LogP contribution is 2.24. The zero-order valence-corrected chi connectivity index (χ0v) is 11.7. The van der Waals surface area contributed by atoms with Crippen molar-refractivity contribution in [1.29, 1.82) is 0 Å². The van der Waals surface area contributed by atoms with Crippen LogP contribution in [0.25, 0.3) is 0 Å². The number of aliphatic hydroxyl groups excluding tert-OH is 1. The van der Waals surface area contributed by atoms with Crippen molar-refractivity contribution in [3.8, 4) is 5.75 Å². The van der Waals surface area contributed by atoms with E-state index < -0.39 is 0 Å². The van der Waals surface area contributed by atoms with E-state index in [2.05, 4.69) is 32.0 Å².